The van der Waals surface area contributed by atoms with Crippen LogP contribution in [0.5, 0.6) is 0 Å². The highest BCUT2D eigenvalue weighted by molar-refractivity contribution is 6.49. The lowest BCUT2D eigenvalue weighted by Crippen LogP contribution is -2.15. The van der Waals surface area contributed by atoms with E-state index < -0.39 is 24.1 Å². The molecular weight excluding hydrogens is 336 g/mol. The van der Waals surface area contributed by atoms with E-state index in [2.05, 4.69) is 0 Å². The van der Waals surface area contributed by atoms with E-state index in [1.165, 1.54) is 0 Å². The fourth-order valence-corrected chi connectivity index (χ4v) is 2.95. The molecule has 0 amide bonds. The Hall–Kier alpha value is -2.38. The van der Waals surface area contributed by atoms with Crippen LogP contribution in [-0.4, -0.2) is 38.0 Å². The minimum atomic E-state index is -0.550. The van der Waals surface area contributed by atoms with Gasteiger partial charge in [-0.25, -0.2) is 0 Å². The van der Waals surface area contributed by atoms with Gasteiger partial charge in [-0.15, -0.1) is 0 Å². The summed E-state index contributed by atoms with van der Waals surface area (Å²) in [6, 6.07) is 13.5. The number of ketones is 2. The smallest absolute Gasteiger partial charge is 0.233 e. The molecule has 0 bridgehead atoms. The molecule has 6 heteroatoms. The Morgan fingerprint density at radius 1 is 0.577 bits per heavy atom. The molecule has 2 aromatic carbocycles. The van der Waals surface area contributed by atoms with E-state index in [0.29, 0.717) is 37.6 Å². The van der Waals surface area contributed by atoms with Crippen LogP contribution in [0, 0.1) is 0 Å². The first-order chi connectivity index (χ1) is 12.7. The van der Waals surface area contributed by atoms with Gasteiger partial charge in [-0.05, 0) is 0 Å². The van der Waals surface area contributed by atoms with E-state index in [1.807, 2.05) is 0 Å². The minimum Gasteiger partial charge on any atom is -0.346 e. The molecule has 0 atom stereocenters. The number of ether oxygens (including phenoxy) is 4. The molecule has 0 aliphatic carbocycles. The van der Waals surface area contributed by atoms with E-state index in [-0.39, 0.29) is 0 Å². The highest BCUT2D eigenvalue weighted by Crippen LogP contribution is 2.25. The molecule has 2 aliphatic rings. The highest BCUT2D eigenvalue weighted by Gasteiger charge is 2.22. The summed E-state index contributed by atoms with van der Waals surface area (Å²) in [7, 11) is 0. The van der Waals surface area contributed by atoms with Crippen molar-refractivity contribution in [1.82, 2.24) is 0 Å². The molecule has 2 saturated heterocycles. The topological polar surface area (TPSA) is 71.1 Å². The molecule has 0 radical (unpaired) electrons. The largest absolute Gasteiger partial charge is 0.346 e. The van der Waals surface area contributed by atoms with Crippen LogP contribution in [0.3, 0.4) is 0 Å². The number of benzene rings is 2. The molecule has 0 unspecified atom stereocenters. The predicted molar refractivity (Wildman–Crippen MR) is 90.8 cm³/mol. The summed E-state index contributed by atoms with van der Waals surface area (Å²) < 4.78 is 21.7. The van der Waals surface area contributed by atoms with Crippen molar-refractivity contribution in [3.63, 3.8) is 0 Å². The van der Waals surface area contributed by atoms with Crippen molar-refractivity contribution in [2.24, 2.45) is 0 Å². The van der Waals surface area contributed by atoms with Gasteiger partial charge in [0.1, 0.15) is 0 Å². The normalized spacial score (nSPS) is 18.3. The van der Waals surface area contributed by atoms with Gasteiger partial charge in [0, 0.05) is 22.3 Å². The average molecular weight is 354 g/mol. The Balaban J connectivity index is 1.46. The molecule has 0 spiro atoms. The summed E-state index contributed by atoms with van der Waals surface area (Å²) in [6.45, 7) is 2.21. The van der Waals surface area contributed by atoms with Crippen molar-refractivity contribution in [1.29, 1.82) is 0 Å². The zero-order valence-corrected chi connectivity index (χ0v) is 14.1. The third kappa shape index (κ3) is 3.45. The quantitative estimate of drug-likeness (QED) is 0.607. The van der Waals surface area contributed by atoms with Gasteiger partial charge in [0.2, 0.25) is 11.6 Å². The van der Waals surface area contributed by atoms with Crippen LogP contribution in [-0.2, 0) is 18.9 Å². The molecule has 0 N–H and O–H groups in total. The van der Waals surface area contributed by atoms with Crippen molar-refractivity contribution >= 4 is 11.6 Å². The SMILES string of the molecule is O=C(C(=O)c1ccc(C2OCCO2)cc1)c1ccc(C2OCCO2)cc1. The van der Waals surface area contributed by atoms with Crippen LogP contribution >= 0.6 is 0 Å². The van der Waals surface area contributed by atoms with Gasteiger partial charge in [-0.3, -0.25) is 9.59 Å². The third-order valence-corrected chi connectivity index (χ3v) is 4.34. The molecule has 4 rings (SSSR count). The summed E-state index contributed by atoms with van der Waals surface area (Å²) in [5.74, 6) is -1.10. The molecule has 0 saturated carbocycles. The predicted octanol–water partition coefficient (Wildman–Crippen LogP) is 2.84. The maximum absolute atomic E-state index is 12.5. The Morgan fingerprint density at radius 2 is 0.885 bits per heavy atom. The minimum absolute atomic E-state index is 0.336. The van der Waals surface area contributed by atoms with Gasteiger partial charge < -0.3 is 18.9 Å². The summed E-state index contributed by atoms with van der Waals surface area (Å²) in [5, 5.41) is 0. The number of Topliss-reactive ketones (excluding diaryl/α,β-unsaturated/α-hetero) is 2. The first-order valence-corrected chi connectivity index (χ1v) is 8.48. The Bertz CT molecular complexity index is 715. The van der Waals surface area contributed by atoms with E-state index in [9.17, 15) is 9.59 Å². The van der Waals surface area contributed by atoms with Crippen molar-refractivity contribution in [3.8, 4) is 0 Å². The van der Waals surface area contributed by atoms with Gasteiger partial charge in [0.05, 0.1) is 26.4 Å². The second-order valence-electron chi connectivity index (χ2n) is 6.05. The second kappa shape index (κ2) is 7.47. The zero-order valence-electron chi connectivity index (χ0n) is 14.1. The van der Waals surface area contributed by atoms with E-state index in [0.717, 1.165) is 11.1 Å². The number of hydrogen-bond donors (Lipinski definition) is 0. The van der Waals surface area contributed by atoms with Gasteiger partial charge >= 0.3 is 0 Å². The van der Waals surface area contributed by atoms with E-state index in [4.69, 9.17) is 18.9 Å². The van der Waals surface area contributed by atoms with Crippen molar-refractivity contribution in [2.75, 3.05) is 26.4 Å². The van der Waals surface area contributed by atoms with Crippen molar-refractivity contribution in [3.05, 3.63) is 70.8 Å². The van der Waals surface area contributed by atoms with Crippen molar-refractivity contribution < 1.29 is 28.5 Å². The number of carbonyl (C=O) groups is 2. The van der Waals surface area contributed by atoms with Crippen LogP contribution < -0.4 is 0 Å². The maximum Gasteiger partial charge on any atom is 0.233 e. The molecule has 134 valence electrons. The molecule has 6 nitrogen and oxygen atoms in total. The second-order valence-corrected chi connectivity index (χ2v) is 6.05. The van der Waals surface area contributed by atoms with Crippen molar-refractivity contribution in [2.45, 2.75) is 12.6 Å². The number of carbonyl (C=O) groups excluding carboxylic acids is 2. The van der Waals surface area contributed by atoms with Crippen LogP contribution in [0.4, 0.5) is 0 Å². The van der Waals surface area contributed by atoms with E-state index in [1.54, 1.807) is 48.5 Å². The molecule has 2 fully saturated rings. The Kier molecular flexibility index (Phi) is 4.90. The monoisotopic (exact) mass is 354 g/mol. The lowest BCUT2D eigenvalue weighted by atomic mass is 9.99. The molecule has 2 heterocycles. The van der Waals surface area contributed by atoms with Gasteiger partial charge in [-0.1, -0.05) is 48.5 Å². The summed E-state index contributed by atoms with van der Waals surface area (Å²) in [5.41, 5.74) is 2.33. The van der Waals surface area contributed by atoms with Crippen LogP contribution in [0.1, 0.15) is 44.4 Å². The number of rotatable bonds is 5. The standard InChI is InChI=1S/C20H18O6/c21-17(13-1-5-15(6-2-13)19-23-9-10-24-19)18(22)14-3-7-16(8-4-14)20-25-11-12-26-20/h1-8,19-20H,9-12H2. The summed E-state index contributed by atoms with van der Waals surface area (Å²) in [6.07, 6.45) is -0.801. The lowest BCUT2D eigenvalue weighted by molar-refractivity contribution is -0.0443. The molecule has 2 aromatic rings. The van der Waals surface area contributed by atoms with Gasteiger partial charge in [0.15, 0.2) is 12.6 Å². The highest BCUT2D eigenvalue weighted by atomic mass is 16.7. The van der Waals surface area contributed by atoms with Gasteiger partial charge in [0.25, 0.3) is 0 Å². The maximum atomic E-state index is 12.5. The number of hydrogen-bond acceptors (Lipinski definition) is 6. The summed E-state index contributed by atoms with van der Waals surface area (Å²) in [4.78, 5) is 24.9. The lowest BCUT2D eigenvalue weighted by Gasteiger charge is -2.10. The summed E-state index contributed by atoms with van der Waals surface area (Å²) >= 11 is 0. The third-order valence-electron chi connectivity index (χ3n) is 4.34. The van der Waals surface area contributed by atoms with Crippen LogP contribution in [0.25, 0.3) is 0 Å². The van der Waals surface area contributed by atoms with Crippen LogP contribution in [0.2, 0.25) is 0 Å². The molecular formula is C20H18O6. The zero-order chi connectivity index (χ0) is 17.9. The van der Waals surface area contributed by atoms with Crippen LogP contribution in [0.15, 0.2) is 48.5 Å². The molecule has 0 aromatic heterocycles. The van der Waals surface area contributed by atoms with E-state index >= 15 is 0 Å². The fourth-order valence-electron chi connectivity index (χ4n) is 2.95. The average Bonchev–Trinajstić information content (AvgIpc) is 3.41. The van der Waals surface area contributed by atoms with Gasteiger partial charge in [-0.2, -0.15) is 0 Å². The Morgan fingerprint density at radius 3 is 1.19 bits per heavy atom. The molecule has 26 heavy (non-hydrogen) atoms. The first kappa shape index (κ1) is 17.1. The molecule has 2 aliphatic heterocycles. The first-order valence-electron chi connectivity index (χ1n) is 8.48. The Labute approximate surface area is 150 Å². The fraction of sp³-hybridized carbons (Fsp3) is 0.300.